The summed E-state index contributed by atoms with van der Waals surface area (Å²) < 4.78 is 5.51. The van der Waals surface area contributed by atoms with Crippen molar-refractivity contribution in [3.05, 3.63) is 46.0 Å². The van der Waals surface area contributed by atoms with Gasteiger partial charge in [-0.25, -0.2) is 4.79 Å². The molecule has 0 bridgehead atoms. The van der Waals surface area contributed by atoms with Gasteiger partial charge in [0.1, 0.15) is 0 Å². The molecule has 6 heteroatoms. The number of hydrogen-bond acceptors (Lipinski definition) is 4. The van der Waals surface area contributed by atoms with E-state index in [1.54, 1.807) is 0 Å². The zero-order chi connectivity index (χ0) is 11.5. The Kier molecular flexibility index (Phi) is 3.00. The third-order valence-electron chi connectivity index (χ3n) is 1.90. The molecular formula is C10H7BrN2O3. The number of rotatable bonds is 3. The van der Waals surface area contributed by atoms with E-state index in [2.05, 4.69) is 30.6 Å². The van der Waals surface area contributed by atoms with Crippen LogP contribution in [-0.2, 0) is 6.42 Å². The third kappa shape index (κ3) is 2.46. The highest BCUT2D eigenvalue weighted by molar-refractivity contribution is 9.10. The van der Waals surface area contributed by atoms with Gasteiger partial charge in [-0.1, -0.05) is 33.2 Å². The first kappa shape index (κ1) is 10.8. The zero-order valence-electron chi connectivity index (χ0n) is 8.05. The van der Waals surface area contributed by atoms with E-state index in [-0.39, 0.29) is 5.89 Å². The summed E-state index contributed by atoms with van der Waals surface area (Å²) in [6.45, 7) is 0. The number of carboxylic acids is 1. The quantitative estimate of drug-likeness (QED) is 0.933. The van der Waals surface area contributed by atoms with Crippen LogP contribution < -0.4 is 0 Å². The zero-order valence-corrected chi connectivity index (χ0v) is 9.64. The van der Waals surface area contributed by atoms with E-state index in [1.165, 1.54) is 0 Å². The molecule has 82 valence electrons. The monoisotopic (exact) mass is 282 g/mol. The van der Waals surface area contributed by atoms with Crippen LogP contribution in [-0.4, -0.2) is 21.2 Å². The fraction of sp³-hybridized carbons (Fsp3) is 0.100. The van der Waals surface area contributed by atoms with Crippen LogP contribution in [0.5, 0.6) is 0 Å². The van der Waals surface area contributed by atoms with E-state index in [1.807, 2.05) is 24.3 Å². The number of aromatic nitrogens is 2. The van der Waals surface area contributed by atoms with Gasteiger partial charge >= 0.3 is 11.9 Å². The number of carbonyl (C=O) groups is 1. The Balaban J connectivity index is 2.17. The van der Waals surface area contributed by atoms with Crippen molar-refractivity contribution < 1.29 is 14.4 Å². The molecule has 0 spiro atoms. The van der Waals surface area contributed by atoms with Crippen molar-refractivity contribution in [3.63, 3.8) is 0 Å². The topological polar surface area (TPSA) is 76.2 Å². The maximum Gasteiger partial charge on any atom is 0.394 e. The molecule has 0 amide bonds. The molecule has 2 aromatic rings. The Morgan fingerprint density at radius 3 is 2.94 bits per heavy atom. The number of aromatic carboxylic acids is 1. The molecule has 1 aromatic carbocycles. The van der Waals surface area contributed by atoms with Crippen LogP contribution in [0.2, 0.25) is 0 Å². The van der Waals surface area contributed by atoms with Crippen molar-refractivity contribution >= 4 is 21.9 Å². The van der Waals surface area contributed by atoms with Gasteiger partial charge in [0.25, 0.3) is 0 Å². The lowest BCUT2D eigenvalue weighted by molar-refractivity contribution is 0.0643. The lowest BCUT2D eigenvalue weighted by atomic mass is 10.1. The molecule has 0 aliphatic carbocycles. The highest BCUT2D eigenvalue weighted by Gasteiger charge is 2.13. The fourth-order valence-corrected chi connectivity index (χ4v) is 1.69. The number of halogens is 1. The first-order valence-corrected chi connectivity index (χ1v) is 5.25. The second kappa shape index (κ2) is 4.44. The summed E-state index contributed by atoms with van der Waals surface area (Å²) >= 11 is 3.35. The Morgan fingerprint density at radius 2 is 2.31 bits per heavy atom. The summed E-state index contributed by atoms with van der Waals surface area (Å²) in [5.74, 6) is -1.24. The third-order valence-corrected chi connectivity index (χ3v) is 2.40. The Bertz CT molecular complexity index is 524. The van der Waals surface area contributed by atoms with Crippen molar-refractivity contribution in [3.8, 4) is 0 Å². The smallest absolute Gasteiger partial charge is 0.394 e. The maximum atomic E-state index is 10.5. The summed E-state index contributed by atoms with van der Waals surface area (Å²) in [4.78, 5) is 14.3. The SMILES string of the molecule is O=C(O)c1nc(Cc2cccc(Br)c2)no1. The van der Waals surface area contributed by atoms with Crippen molar-refractivity contribution in [1.29, 1.82) is 0 Å². The Morgan fingerprint density at radius 1 is 1.50 bits per heavy atom. The molecule has 0 aliphatic heterocycles. The predicted molar refractivity (Wildman–Crippen MR) is 58.2 cm³/mol. The lowest BCUT2D eigenvalue weighted by Gasteiger charge is -1.96. The van der Waals surface area contributed by atoms with E-state index < -0.39 is 5.97 Å². The maximum absolute atomic E-state index is 10.5. The van der Waals surface area contributed by atoms with Crippen LogP contribution in [0.25, 0.3) is 0 Å². The summed E-state index contributed by atoms with van der Waals surface area (Å²) in [6.07, 6.45) is 0.441. The van der Waals surface area contributed by atoms with Crippen LogP contribution in [0.1, 0.15) is 22.1 Å². The second-order valence-electron chi connectivity index (χ2n) is 3.13. The Hall–Kier alpha value is -1.69. The van der Waals surface area contributed by atoms with Crippen molar-refractivity contribution in [2.75, 3.05) is 0 Å². The average molecular weight is 283 g/mol. The minimum absolute atomic E-state index is 0.357. The van der Waals surface area contributed by atoms with Gasteiger partial charge in [-0.15, -0.1) is 0 Å². The molecule has 0 aliphatic rings. The molecule has 0 unspecified atom stereocenters. The van der Waals surface area contributed by atoms with E-state index in [9.17, 15) is 4.79 Å². The standard InChI is InChI=1S/C10H7BrN2O3/c11-7-3-1-2-6(4-7)5-8-12-9(10(14)15)16-13-8/h1-4H,5H2,(H,14,15). The van der Waals surface area contributed by atoms with E-state index >= 15 is 0 Å². The number of hydrogen-bond donors (Lipinski definition) is 1. The number of carboxylic acid groups (broad SMARTS) is 1. The summed E-state index contributed by atoms with van der Waals surface area (Å²) in [5, 5.41) is 12.2. The van der Waals surface area contributed by atoms with Crippen LogP contribution >= 0.6 is 15.9 Å². The average Bonchev–Trinajstić information content (AvgIpc) is 2.66. The summed E-state index contributed by atoms with van der Waals surface area (Å²) in [6, 6.07) is 7.61. The van der Waals surface area contributed by atoms with Gasteiger partial charge in [0, 0.05) is 10.9 Å². The fourth-order valence-electron chi connectivity index (χ4n) is 1.24. The van der Waals surface area contributed by atoms with E-state index in [0.29, 0.717) is 12.2 Å². The molecular weight excluding hydrogens is 276 g/mol. The second-order valence-corrected chi connectivity index (χ2v) is 4.04. The molecule has 1 N–H and O–H groups in total. The number of nitrogens with zero attached hydrogens (tertiary/aromatic N) is 2. The van der Waals surface area contributed by atoms with Crippen molar-refractivity contribution in [2.24, 2.45) is 0 Å². The molecule has 0 fully saturated rings. The van der Waals surface area contributed by atoms with E-state index in [0.717, 1.165) is 10.0 Å². The molecule has 5 nitrogen and oxygen atoms in total. The first-order valence-electron chi connectivity index (χ1n) is 4.45. The van der Waals surface area contributed by atoms with Gasteiger partial charge in [-0.3, -0.25) is 0 Å². The van der Waals surface area contributed by atoms with Gasteiger partial charge in [0.15, 0.2) is 5.82 Å². The molecule has 1 aromatic heterocycles. The van der Waals surface area contributed by atoms with Gasteiger partial charge in [0.05, 0.1) is 0 Å². The molecule has 0 atom stereocenters. The molecule has 0 radical (unpaired) electrons. The van der Waals surface area contributed by atoms with Crippen LogP contribution in [0.15, 0.2) is 33.3 Å². The number of benzene rings is 1. The van der Waals surface area contributed by atoms with Crippen LogP contribution in [0, 0.1) is 0 Å². The largest absolute Gasteiger partial charge is 0.474 e. The normalized spacial score (nSPS) is 10.3. The molecule has 16 heavy (non-hydrogen) atoms. The van der Waals surface area contributed by atoms with Gasteiger partial charge < -0.3 is 9.63 Å². The van der Waals surface area contributed by atoms with Crippen molar-refractivity contribution in [1.82, 2.24) is 10.1 Å². The van der Waals surface area contributed by atoms with E-state index in [4.69, 9.17) is 5.11 Å². The van der Waals surface area contributed by atoms with Crippen LogP contribution in [0.3, 0.4) is 0 Å². The molecule has 2 rings (SSSR count). The highest BCUT2D eigenvalue weighted by atomic mass is 79.9. The van der Waals surface area contributed by atoms with Gasteiger partial charge in [-0.2, -0.15) is 4.98 Å². The molecule has 0 saturated heterocycles. The lowest BCUT2D eigenvalue weighted by Crippen LogP contribution is -1.97. The van der Waals surface area contributed by atoms with Gasteiger partial charge in [-0.05, 0) is 17.7 Å². The van der Waals surface area contributed by atoms with Crippen molar-refractivity contribution in [2.45, 2.75) is 6.42 Å². The summed E-state index contributed by atoms with van der Waals surface area (Å²) in [5.41, 5.74) is 0.979. The highest BCUT2D eigenvalue weighted by Crippen LogP contribution is 2.14. The summed E-state index contributed by atoms with van der Waals surface area (Å²) in [7, 11) is 0. The predicted octanol–water partition coefficient (Wildman–Crippen LogP) is 2.12. The Labute approximate surface area is 99.2 Å². The minimum atomic E-state index is -1.21. The van der Waals surface area contributed by atoms with Gasteiger partial charge in [0.2, 0.25) is 0 Å². The minimum Gasteiger partial charge on any atom is -0.474 e. The molecule has 0 saturated carbocycles. The molecule has 1 heterocycles. The van der Waals surface area contributed by atoms with Crippen LogP contribution in [0.4, 0.5) is 0 Å². The first-order chi connectivity index (χ1) is 7.65.